The molecule has 34 heavy (non-hydrogen) atoms. The van der Waals surface area contributed by atoms with Gasteiger partial charge < -0.3 is 4.57 Å². The number of halogens is 6. The molecule has 1 heterocycles. The predicted octanol–water partition coefficient (Wildman–Crippen LogP) is 6.77. The van der Waals surface area contributed by atoms with Crippen molar-refractivity contribution in [2.45, 2.75) is 32.7 Å². The molecule has 0 aliphatic carbocycles. The van der Waals surface area contributed by atoms with Gasteiger partial charge in [-0.3, -0.25) is 4.79 Å². The summed E-state index contributed by atoms with van der Waals surface area (Å²) in [5.41, 5.74) is 1.11. The molecule has 0 fully saturated rings. The third kappa shape index (κ3) is 4.55. The van der Waals surface area contributed by atoms with Crippen molar-refractivity contribution in [2.75, 3.05) is 0 Å². The van der Waals surface area contributed by atoms with Crippen LogP contribution in [-0.4, -0.2) is 9.55 Å². The molecule has 4 aromatic rings. The first kappa shape index (κ1) is 23.5. The average molecular weight is 476 g/mol. The van der Waals surface area contributed by atoms with E-state index in [4.69, 9.17) is 0 Å². The van der Waals surface area contributed by atoms with Gasteiger partial charge in [0, 0.05) is 5.56 Å². The highest BCUT2D eigenvalue weighted by atomic mass is 19.4. The fraction of sp³-hybridized carbons (Fsp3) is 0.200. The molecule has 0 saturated heterocycles. The van der Waals surface area contributed by atoms with Crippen LogP contribution < -0.4 is 5.56 Å². The number of hydrogen-bond donors (Lipinski definition) is 0. The van der Waals surface area contributed by atoms with Crippen molar-refractivity contribution < 1.29 is 26.3 Å². The Morgan fingerprint density at radius 2 is 1.26 bits per heavy atom. The molecule has 0 unspecified atom stereocenters. The highest BCUT2D eigenvalue weighted by Gasteiger charge is 2.31. The largest absolute Gasteiger partial charge is 0.416 e. The van der Waals surface area contributed by atoms with Crippen molar-refractivity contribution in [3.8, 4) is 11.3 Å². The fourth-order valence-corrected chi connectivity index (χ4v) is 3.64. The Balaban J connectivity index is 1.87. The summed E-state index contributed by atoms with van der Waals surface area (Å²) in [5.74, 6) is 0. The van der Waals surface area contributed by atoms with E-state index in [-0.39, 0.29) is 17.8 Å². The third-order valence-corrected chi connectivity index (χ3v) is 5.67. The van der Waals surface area contributed by atoms with Crippen LogP contribution >= 0.6 is 0 Å². The molecule has 0 spiro atoms. The first-order chi connectivity index (χ1) is 15.8. The molecular weight excluding hydrogens is 458 g/mol. The molecule has 4 rings (SSSR count). The first-order valence-corrected chi connectivity index (χ1v) is 10.2. The molecule has 0 N–H and O–H groups in total. The van der Waals surface area contributed by atoms with Crippen LogP contribution in [0.5, 0.6) is 0 Å². The number of benzene rings is 3. The van der Waals surface area contributed by atoms with Crippen molar-refractivity contribution >= 4 is 11.0 Å². The van der Waals surface area contributed by atoms with Crippen LogP contribution in [-0.2, 0) is 18.9 Å². The molecular formula is C25H18F6N2O. The second-order valence-electron chi connectivity index (χ2n) is 8.05. The zero-order chi connectivity index (χ0) is 24.8. The Bertz CT molecular complexity index is 1420. The van der Waals surface area contributed by atoms with Crippen LogP contribution in [0, 0.1) is 13.8 Å². The summed E-state index contributed by atoms with van der Waals surface area (Å²) in [6, 6.07) is 12.1. The fourth-order valence-electron chi connectivity index (χ4n) is 3.64. The number of fused-ring (bicyclic) bond motifs is 1. The summed E-state index contributed by atoms with van der Waals surface area (Å²) in [4.78, 5) is 17.8. The molecule has 3 nitrogen and oxygen atoms in total. The van der Waals surface area contributed by atoms with Crippen LogP contribution in [0.1, 0.15) is 27.8 Å². The van der Waals surface area contributed by atoms with E-state index in [0.717, 1.165) is 35.4 Å². The average Bonchev–Trinajstić information content (AvgIpc) is 2.76. The number of aryl methyl sites for hydroxylation is 2. The molecule has 0 saturated carbocycles. The van der Waals surface area contributed by atoms with Gasteiger partial charge in [0.15, 0.2) is 0 Å². The van der Waals surface area contributed by atoms with Crippen molar-refractivity contribution in [1.29, 1.82) is 0 Å². The summed E-state index contributed by atoms with van der Waals surface area (Å²) in [7, 11) is 0. The molecule has 9 heteroatoms. The number of hydrogen-bond acceptors (Lipinski definition) is 2. The van der Waals surface area contributed by atoms with Gasteiger partial charge in [0.2, 0.25) is 0 Å². The second-order valence-corrected chi connectivity index (χ2v) is 8.05. The van der Waals surface area contributed by atoms with Crippen LogP contribution in [0.3, 0.4) is 0 Å². The van der Waals surface area contributed by atoms with Crippen molar-refractivity contribution in [3.05, 3.63) is 98.8 Å². The molecule has 0 bridgehead atoms. The molecule has 0 amide bonds. The Morgan fingerprint density at radius 1 is 0.765 bits per heavy atom. The maximum atomic E-state index is 13.4. The monoisotopic (exact) mass is 476 g/mol. The second kappa shape index (κ2) is 8.30. The molecule has 0 atom stereocenters. The standard InChI is InChI=1S/C25H18F6N2O/c1-14-11-20-21(12-15(14)2)33(13-16-3-7-18(8-4-16)24(26,27)28)23(34)22(32-20)17-5-9-19(10-6-17)25(29,30)31/h3-12H,13H2,1-2H3. The molecule has 3 aromatic carbocycles. The lowest BCUT2D eigenvalue weighted by Crippen LogP contribution is -2.24. The van der Waals surface area contributed by atoms with E-state index in [1.165, 1.54) is 28.8 Å². The maximum absolute atomic E-state index is 13.4. The lowest BCUT2D eigenvalue weighted by molar-refractivity contribution is -0.138. The van der Waals surface area contributed by atoms with Gasteiger partial charge in [-0.15, -0.1) is 0 Å². The van der Waals surface area contributed by atoms with Gasteiger partial charge in [-0.2, -0.15) is 26.3 Å². The minimum atomic E-state index is -4.52. The van der Waals surface area contributed by atoms with Gasteiger partial charge in [0.25, 0.3) is 5.56 Å². The van der Waals surface area contributed by atoms with E-state index in [0.29, 0.717) is 16.6 Å². The van der Waals surface area contributed by atoms with Gasteiger partial charge in [-0.25, -0.2) is 4.98 Å². The zero-order valence-corrected chi connectivity index (χ0v) is 18.1. The van der Waals surface area contributed by atoms with Crippen LogP contribution in [0.15, 0.2) is 65.5 Å². The minimum absolute atomic E-state index is 0.0356. The number of rotatable bonds is 3. The van der Waals surface area contributed by atoms with E-state index in [9.17, 15) is 31.1 Å². The van der Waals surface area contributed by atoms with Gasteiger partial charge in [-0.1, -0.05) is 24.3 Å². The maximum Gasteiger partial charge on any atom is 0.416 e. The zero-order valence-electron chi connectivity index (χ0n) is 18.1. The first-order valence-electron chi connectivity index (χ1n) is 10.2. The molecule has 176 valence electrons. The van der Waals surface area contributed by atoms with Gasteiger partial charge >= 0.3 is 12.4 Å². The molecule has 0 aliphatic rings. The summed E-state index contributed by atoms with van der Waals surface area (Å²) < 4.78 is 79.0. The number of alkyl halides is 6. The lowest BCUT2D eigenvalue weighted by Gasteiger charge is -2.15. The lowest BCUT2D eigenvalue weighted by atomic mass is 10.1. The topological polar surface area (TPSA) is 34.9 Å². The van der Waals surface area contributed by atoms with Crippen LogP contribution in [0.2, 0.25) is 0 Å². The predicted molar refractivity (Wildman–Crippen MR) is 116 cm³/mol. The highest BCUT2D eigenvalue weighted by molar-refractivity contribution is 5.79. The Morgan fingerprint density at radius 3 is 1.79 bits per heavy atom. The SMILES string of the molecule is Cc1cc2nc(-c3ccc(C(F)(F)F)cc3)c(=O)n(Cc3ccc(C(F)(F)F)cc3)c2cc1C. The van der Waals surface area contributed by atoms with Gasteiger partial charge in [0.1, 0.15) is 5.69 Å². The molecule has 1 aromatic heterocycles. The summed E-state index contributed by atoms with van der Waals surface area (Å²) in [6.07, 6.45) is -9.00. The van der Waals surface area contributed by atoms with Gasteiger partial charge in [-0.05, 0) is 66.9 Å². The quantitative estimate of drug-likeness (QED) is 0.306. The van der Waals surface area contributed by atoms with E-state index in [2.05, 4.69) is 4.98 Å². The van der Waals surface area contributed by atoms with E-state index < -0.39 is 29.0 Å². The Labute approximate surface area is 190 Å². The van der Waals surface area contributed by atoms with E-state index in [1.54, 1.807) is 12.1 Å². The van der Waals surface area contributed by atoms with Crippen molar-refractivity contribution in [3.63, 3.8) is 0 Å². The van der Waals surface area contributed by atoms with Crippen molar-refractivity contribution in [2.24, 2.45) is 0 Å². The van der Waals surface area contributed by atoms with Gasteiger partial charge in [0.05, 0.1) is 28.7 Å². The normalized spacial score (nSPS) is 12.4. The molecule has 0 radical (unpaired) electrons. The van der Waals surface area contributed by atoms with Crippen LogP contribution in [0.25, 0.3) is 22.3 Å². The van der Waals surface area contributed by atoms with Crippen LogP contribution in [0.4, 0.5) is 26.3 Å². The Kier molecular flexibility index (Phi) is 5.75. The van der Waals surface area contributed by atoms with Crippen molar-refractivity contribution in [1.82, 2.24) is 9.55 Å². The summed E-state index contributed by atoms with van der Waals surface area (Å²) in [6.45, 7) is 3.68. The van der Waals surface area contributed by atoms with E-state index >= 15 is 0 Å². The minimum Gasteiger partial charge on any atom is -0.300 e. The smallest absolute Gasteiger partial charge is 0.300 e. The summed E-state index contributed by atoms with van der Waals surface area (Å²) >= 11 is 0. The number of nitrogens with zero attached hydrogens (tertiary/aromatic N) is 2. The summed E-state index contributed by atoms with van der Waals surface area (Å²) in [5, 5.41) is 0. The third-order valence-electron chi connectivity index (χ3n) is 5.67. The number of aromatic nitrogens is 2. The van der Waals surface area contributed by atoms with E-state index in [1.807, 2.05) is 13.8 Å². The Hall–Kier alpha value is -3.62. The molecule has 0 aliphatic heterocycles. The highest BCUT2D eigenvalue weighted by Crippen LogP contribution is 2.31.